The van der Waals surface area contributed by atoms with Gasteiger partial charge in [0.25, 0.3) is 6.43 Å². The average molecular weight is 416 g/mol. The third-order valence-corrected chi connectivity index (χ3v) is 3.61. The van der Waals surface area contributed by atoms with E-state index in [0.29, 0.717) is 6.20 Å². The molecule has 0 spiro atoms. The van der Waals surface area contributed by atoms with Crippen molar-refractivity contribution in [3.8, 4) is 0 Å². The maximum Gasteiger partial charge on any atom is 0.433 e. The van der Waals surface area contributed by atoms with Gasteiger partial charge in [0, 0.05) is 26.2 Å². The van der Waals surface area contributed by atoms with Gasteiger partial charge in [-0.15, -0.1) is 0 Å². The second-order valence-electron chi connectivity index (χ2n) is 2.79. The van der Waals surface area contributed by atoms with Crippen LogP contribution in [0.4, 0.5) is 22.0 Å². The van der Waals surface area contributed by atoms with E-state index in [4.69, 9.17) is 0 Å². The molecule has 1 aromatic heterocycles. The van der Waals surface area contributed by atoms with Crippen molar-refractivity contribution in [2.24, 2.45) is 0 Å². The monoisotopic (exact) mass is 415 g/mol. The second kappa shape index (κ2) is 5.11. The minimum absolute atomic E-state index is 0.105. The van der Waals surface area contributed by atoms with Crippen molar-refractivity contribution in [3.05, 3.63) is 26.6 Å². The fourth-order valence-corrected chi connectivity index (χ4v) is 2.96. The molecule has 1 heterocycles. The second-order valence-corrected chi connectivity index (χ2v) is 4.43. The predicted octanol–water partition coefficient (Wildman–Crippen LogP) is 4.54. The van der Waals surface area contributed by atoms with Crippen LogP contribution in [0, 0.1) is 3.57 Å². The van der Waals surface area contributed by atoms with Crippen molar-refractivity contribution >= 4 is 38.5 Å². The number of alkyl halides is 6. The average Bonchev–Trinajstić information content (AvgIpc) is 2.15. The summed E-state index contributed by atoms with van der Waals surface area (Å²) < 4.78 is 62.2. The fourth-order valence-electron chi connectivity index (χ4n) is 1.07. The Morgan fingerprint density at radius 2 is 1.94 bits per heavy atom. The largest absolute Gasteiger partial charge is 0.433 e. The topological polar surface area (TPSA) is 12.9 Å². The molecule has 0 amide bonds. The molecule has 0 aromatic carbocycles. The van der Waals surface area contributed by atoms with Crippen LogP contribution in [0.25, 0.3) is 0 Å². The number of hydrogen-bond donors (Lipinski definition) is 0. The standard InChI is InChI=1S/C8H4BrF5IN/c9-1-3-5(15)4(7(10)11)2-16-6(3)8(12,13)14/h2,7H,1H2. The molecule has 0 aliphatic rings. The quantitative estimate of drug-likeness (QED) is 0.392. The molecular weight excluding hydrogens is 412 g/mol. The first-order chi connectivity index (χ1) is 7.29. The van der Waals surface area contributed by atoms with Crippen LogP contribution < -0.4 is 0 Å². The molecule has 0 radical (unpaired) electrons. The minimum Gasteiger partial charge on any atom is -0.251 e. The Hall–Kier alpha value is 0.01000. The fraction of sp³-hybridized carbons (Fsp3) is 0.375. The molecule has 0 fully saturated rings. The molecule has 8 heteroatoms. The Labute approximate surface area is 110 Å². The Morgan fingerprint density at radius 1 is 1.38 bits per heavy atom. The van der Waals surface area contributed by atoms with E-state index in [9.17, 15) is 22.0 Å². The summed E-state index contributed by atoms with van der Waals surface area (Å²) in [6, 6.07) is 0. The smallest absolute Gasteiger partial charge is 0.251 e. The van der Waals surface area contributed by atoms with E-state index < -0.39 is 23.9 Å². The molecular formula is C8H4BrF5IN. The van der Waals surface area contributed by atoms with Gasteiger partial charge < -0.3 is 0 Å². The molecule has 0 aliphatic heterocycles. The van der Waals surface area contributed by atoms with Gasteiger partial charge in [-0.1, -0.05) is 15.9 Å². The summed E-state index contributed by atoms with van der Waals surface area (Å²) >= 11 is 4.32. The van der Waals surface area contributed by atoms with Gasteiger partial charge in [0.15, 0.2) is 0 Å². The third kappa shape index (κ3) is 2.82. The van der Waals surface area contributed by atoms with Gasteiger partial charge in [-0.3, -0.25) is 4.98 Å². The molecule has 0 N–H and O–H groups in total. The zero-order valence-electron chi connectivity index (χ0n) is 7.45. The first-order valence-corrected chi connectivity index (χ1v) is 6.07. The molecule has 1 rings (SSSR count). The highest BCUT2D eigenvalue weighted by atomic mass is 127. The van der Waals surface area contributed by atoms with E-state index in [1.165, 1.54) is 22.6 Å². The van der Waals surface area contributed by atoms with E-state index in [1.54, 1.807) is 0 Å². The lowest BCUT2D eigenvalue weighted by Crippen LogP contribution is -2.14. The van der Waals surface area contributed by atoms with Gasteiger partial charge in [-0.2, -0.15) is 13.2 Å². The molecule has 1 nitrogen and oxygen atoms in total. The van der Waals surface area contributed by atoms with E-state index >= 15 is 0 Å². The SMILES string of the molecule is FC(F)c1cnc(C(F)(F)F)c(CBr)c1I. The van der Waals surface area contributed by atoms with Crippen molar-refractivity contribution in [2.45, 2.75) is 17.9 Å². The number of rotatable bonds is 2. The number of hydrogen-bond acceptors (Lipinski definition) is 1. The number of halogens is 7. The maximum atomic E-state index is 12.5. The number of pyridine rings is 1. The molecule has 0 saturated heterocycles. The van der Waals surface area contributed by atoms with Gasteiger partial charge in [0.2, 0.25) is 0 Å². The predicted molar refractivity (Wildman–Crippen MR) is 59.5 cm³/mol. The van der Waals surface area contributed by atoms with Crippen molar-refractivity contribution in [1.29, 1.82) is 0 Å². The van der Waals surface area contributed by atoms with E-state index in [2.05, 4.69) is 20.9 Å². The van der Waals surface area contributed by atoms with Crippen LogP contribution in [0.2, 0.25) is 0 Å². The highest BCUT2D eigenvalue weighted by Gasteiger charge is 2.36. The van der Waals surface area contributed by atoms with Gasteiger partial charge in [0.1, 0.15) is 5.69 Å². The lowest BCUT2D eigenvalue weighted by atomic mass is 10.1. The van der Waals surface area contributed by atoms with Crippen molar-refractivity contribution < 1.29 is 22.0 Å². The molecule has 0 atom stereocenters. The van der Waals surface area contributed by atoms with Crippen LogP contribution in [0.5, 0.6) is 0 Å². The summed E-state index contributed by atoms with van der Waals surface area (Å²) in [6.07, 6.45) is -6.90. The lowest BCUT2D eigenvalue weighted by Gasteiger charge is -2.14. The molecule has 0 bridgehead atoms. The summed E-state index contributed by atoms with van der Waals surface area (Å²) in [5.41, 5.74) is -1.87. The Kier molecular flexibility index (Phi) is 4.49. The number of nitrogens with zero attached hydrogens (tertiary/aromatic N) is 1. The van der Waals surface area contributed by atoms with Crippen LogP contribution in [-0.4, -0.2) is 4.98 Å². The highest BCUT2D eigenvalue weighted by molar-refractivity contribution is 14.1. The zero-order valence-corrected chi connectivity index (χ0v) is 11.2. The highest BCUT2D eigenvalue weighted by Crippen LogP contribution is 2.36. The van der Waals surface area contributed by atoms with Gasteiger partial charge in [0.05, 0.1) is 0 Å². The van der Waals surface area contributed by atoms with Crippen molar-refractivity contribution in [1.82, 2.24) is 4.98 Å². The van der Waals surface area contributed by atoms with Crippen LogP contribution in [0.1, 0.15) is 23.2 Å². The molecule has 0 aliphatic carbocycles. The van der Waals surface area contributed by atoms with E-state index in [-0.39, 0.29) is 14.5 Å². The minimum atomic E-state index is -4.64. The first kappa shape index (κ1) is 14.1. The molecule has 16 heavy (non-hydrogen) atoms. The normalized spacial score (nSPS) is 12.2. The van der Waals surface area contributed by atoms with Crippen LogP contribution in [0.3, 0.4) is 0 Å². The molecule has 90 valence electrons. The molecule has 0 saturated carbocycles. The first-order valence-electron chi connectivity index (χ1n) is 3.87. The molecule has 1 aromatic rings. The summed E-state index contributed by atoms with van der Waals surface area (Å²) in [6.45, 7) is 0. The number of aromatic nitrogens is 1. The van der Waals surface area contributed by atoms with Crippen LogP contribution in [-0.2, 0) is 11.5 Å². The maximum absolute atomic E-state index is 12.5. The molecule has 0 unspecified atom stereocenters. The van der Waals surface area contributed by atoms with Crippen LogP contribution in [0.15, 0.2) is 6.20 Å². The van der Waals surface area contributed by atoms with E-state index in [0.717, 1.165) is 0 Å². The van der Waals surface area contributed by atoms with Gasteiger partial charge >= 0.3 is 6.18 Å². The van der Waals surface area contributed by atoms with Crippen LogP contribution >= 0.6 is 38.5 Å². The van der Waals surface area contributed by atoms with Crippen molar-refractivity contribution in [3.63, 3.8) is 0 Å². The summed E-state index contributed by atoms with van der Waals surface area (Å²) in [5.74, 6) is 0. The third-order valence-electron chi connectivity index (χ3n) is 1.77. The summed E-state index contributed by atoms with van der Waals surface area (Å²) in [7, 11) is 0. The Bertz CT molecular complexity index is 393. The zero-order chi connectivity index (χ0) is 12.5. The Balaban J connectivity index is 3.41. The lowest BCUT2D eigenvalue weighted by molar-refractivity contribution is -0.141. The Morgan fingerprint density at radius 3 is 2.31 bits per heavy atom. The van der Waals surface area contributed by atoms with Gasteiger partial charge in [-0.05, 0) is 22.6 Å². The van der Waals surface area contributed by atoms with E-state index in [1.807, 2.05) is 0 Å². The van der Waals surface area contributed by atoms with Gasteiger partial charge in [-0.25, -0.2) is 8.78 Å². The summed E-state index contributed by atoms with van der Waals surface area (Å²) in [4.78, 5) is 3.06. The van der Waals surface area contributed by atoms with Crippen molar-refractivity contribution in [2.75, 3.05) is 0 Å². The summed E-state index contributed by atoms with van der Waals surface area (Å²) in [5, 5.41) is -0.173.